The van der Waals surface area contributed by atoms with E-state index < -0.39 is 9.84 Å². The van der Waals surface area contributed by atoms with Crippen molar-refractivity contribution in [1.29, 1.82) is 0 Å². The zero-order valence-corrected chi connectivity index (χ0v) is 15.5. The minimum Gasteiger partial charge on any atom is -0.497 e. The minimum atomic E-state index is -3.22. The Kier molecular flexibility index (Phi) is 6.20. The van der Waals surface area contributed by atoms with Gasteiger partial charge in [-0.05, 0) is 41.8 Å². The molecule has 0 aliphatic carbocycles. The van der Waals surface area contributed by atoms with Crippen molar-refractivity contribution in [3.05, 3.63) is 59.7 Å². The molecule has 0 aromatic heterocycles. The van der Waals surface area contributed by atoms with Crippen molar-refractivity contribution >= 4 is 15.7 Å². The first-order valence-corrected chi connectivity index (χ1v) is 9.95. The third-order valence-corrected chi connectivity index (χ3v) is 5.11. The number of amides is 1. The Morgan fingerprint density at radius 1 is 1.08 bits per heavy atom. The van der Waals surface area contributed by atoms with Crippen LogP contribution in [0.5, 0.6) is 5.75 Å². The molecule has 1 atom stereocenters. The smallest absolute Gasteiger partial charge is 0.224 e. The lowest BCUT2D eigenvalue weighted by atomic mass is 10.0. The van der Waals surface area contributed by atoms with Gasteiger partial charge in [0.2, 0.25) is 5.91 Å². The number of nitrogens with one attached hydrogen (secondary N) is 1. The first kappa shape index (κ1) is 19.0. The van der Waals surface area contributed by atoms with E-state index >= 15 is 0 Å². The van der Waals surface area contributed by atoms with Gasteiger partial charge in [-0.3, -0.25) is 4.79 Å². The zero-order chi connectivity index (χ0) is 18.4. The van der Waals surface area contributed by atoms with E-state index in [1.54, 1.807) is 31.4 Å². The Hall–Kier alpha value is -2.34. The molecule has 0 radical (unpaired) electrons. The predicted octanol–water partition coefficient (Wildman–Crippen LogP) is 2.91. The van der Waals surface area contributed by atoms with Gasteiger partial charge >= 0.3 is 0 Å². The Morgan fingerprint density at radius 3 is 2.16 bits per heavy atom. The van der Waals surface area contributed by atoms with Crippen molar-refractivity contribution in [1.82, 2.24) is 5.32 Å². The predicted molar refractivity (Wildman–Crippen MR) is 97.4 cm³/mol. The number of methoxy groups -OCH3 is 1. The Balaban J connectivity index is 2.03. The van der Waals surface area contributed by atoms with E-state index in [4.69, 9.17) is 4.74 Å². The van der Waals surface area contributed by atoms with Crippen LogP contribution in [-0.4, -0.2) is 27.7 Å². The normalized spacial score (nSPS) is 12.4. The first-order chi connectivity index (χ1) is 11.8. The Morgan fingerprint density at radius 2 is 1.68 bits per heavy atom. The van der Waals surface area contributed by atoms with Gasteiger partial charge in [0.05, 0.1) is 24.5 Å². The highest BCUT2D eigenvalue weighted by Gasteiger charge is 2.14. The number of ether oxygens (including phenoxy) is 1. The summed E-state index contributed by atoms with van der Waals surface area (Å²) in [5.41, 5.74) is 1.79. The maximum absolute atomic E-state index is 12.3. The van der Waals surface area contributed by atoms with Crippen LogP contribution in [0.15, 0.2) is 53.4 Å². The van der Waals surface area contributed by atoms with Gasteiger partial charge in [0.1, 0.15) is 5.75 Å². The molecule has 0 heterocycles. The summed E-state index contributed by atoms with van der Waals surface area (Å²) in [5, 5.41) is 3.00. The summed E-state index contributed by atoms with van der Waals surface area (Å²) in [7, 11) is -1.62. The summed E-state index contributed by atoms with van der Waals surface area (Å²) in [6.45, 7) is 1.98. The van der Waals surface area contributed by atoms with Crippen LogP contribution < -0.4 is 10.1 Å². The molecule has 5 nitrogen and oxygen atoms in total. The first-order valence-electron chi connectivity index (χ1n) is 8.05. The van der Waals surface area contributed by atoms with Gasteiger partial charge in [-0.2, -0.15) is 0 Å². The Labute approximate surface area is 148 Å². The van der Waals surface area contributed by atoms with E-state index in [2.05, 4.69) is 5.32 Å². The molecule has 2 aromatic carbocycles. The summed E-state index contributed by atoms with van der Waals surface area (Å²) < 4.78 is 28.2. The molecule has 0 bridgehead atoms. The molecule has 0 saturated heterocycles. The van der Waals surface area contributed by atoms with Crippen LogP contribution >= 0.6 is 0 Å². The van der Waals surface area contributed by atoms with Crippen LogP contribution in [0.1, 0.15) is 30.5 Å². The molecule has 6 heteroatoms. The van der Waals surface area contributed by atoms with Gasteiger partial charge in [0.15, 0.2) is 9.84 Å². The van der Waals surface area contributed by atoms with E-state index in [0.717, 1.165) is 16.9 Å². The molecule has 0 aliphatic heterocycles. The molecule has 134 valence electrons. The fourth-order valence-electron chi connectivity index (χ4n) is 2.54. The van der Waals surface area contributed by atoms with Gasteiger partial charge in [-0.25, -0.2) is 8.42 Å². The number of carbonyl (C=O) groups is 1. The van der Waals surface area contributed by atoms with E-state index in [0.29, 0.717) is 6.42 Å². The second-order valence-corrected chi connectivity index (χ2v) is 7.91. The van der Waals surface area contributed by atoms with Crippen molar-refractivity contribution in [2.45, 2.75) is 30.7 Å². The second-order valence-electron chi connectivity index (χ2n) is 5.89. The lowest BCUT2D eigenvalue weighted by molar-refractivity contribution is -0.121. The third-order valence-electron chi connectivity index (χ3n) is 3.98. The molecule has 1 amide bonds. The standard InChI is InChI=1S/C19H23NO4S/c1-4-18(15-7-11-17(12-8-15)25(3,22)23)20-19(21)13-14-5-9-16(24-2)10-6-14/h5-12,18H,4,13H2,1-3H3,(H,20,21). The monoisotopic (exact) mass is 361 g/mol. The third kappa shape index (κ3) is 5.32. The zero-order valence-electron chi connectivity index (χ0n) is 14.7. The molecule has 2 aromatic rings. The summed E-state index contributed by atoms with van der Waals surface area (Å²) in [6.07, 6.45) is 2.17. The highest BCUT2D eigenvalue weighted by Crippen LogP contribution is 2.19. The van der Waals surface area contributed by atoms with Crippen molar-refractivity contribution in [2.24, 2.45) is 0 Å². The molecule has 0 fully saturated rings. The quantitative estimate of drug-likeness (QED) is 0.823. The lowest BCUT2D eigenvalue weighted by Gasteiger charge is -2.18. The number of benzene rings is 2. The van der Waals surface area contributed by atoms with E-state index in [9.17, 15) is 13.2 Å². The van der Waals surface area contributed by atoms with Crippen LogP contribution in [0.25, 0.3) is 0 Å². The molecule has 1 unspecified atom stereocenters. The summed E-state index contributed by atoms with van der Waals surface area (Å²) >= 11 is 0. The van der Waals surface area contributed by atoms with Gasteiger partial charge < -0.3 is 10.1 Å². The highest BCUT2D eigenvalue weighted by molar-refractivity contribution is 7.90. The molecular formula is C19H23NO4S. The summed E-state index contributed by atoms with van der Waals surface area (Å²) in [6, 6.07) is 13.9. The molecule has 0 saturated carbocycles. The lowest BCUT2D eigenvalue weighted by Crippen LogP contribution is -2.29. The molecule has 1 N–H and O–H groups in total. The van der Waals surface area contributed by atoms with Crippen molar-refractivity contribution < 1.29 is 17.9 Å². The molecule has 0 spiro atoms. The summed E-state index contributed by atoms with van der Waals surface area (Å²) in [5.74, 6) is 0.672. The maximum Gasteiger partial charge on any atom is 0.224 e. The summed E-state index contributed by atoms with van der Waals surface area (Å²) in [4.78, 5) is 12.6. The molecule has 2 rings (SSSR count). The van der Waals surface area contributed by atoms with Crippen molar-refractivity contribution in [3.63, 3.8) is 0 Å². The topological polar surface area (TPSA) is 72.5 Å². The van der Waals surface area contributed by atoms with Gasteiger partial charge in [0.25, 0.3) is 0 Å². The SMILES string of the molecule is CCC(NC(=O)Cc1ccc(OC)cc1)c1ccc(S(C)(=O)=O)cc1. The van der Waals surface area contributed by atoms with Crippen molar-refractivity contribution in [2.75, 3.05) is 13.4 Å². The number of hydrogen-bond acceptors (Lipinski definition) is 4. The average molecular weight is 361 g/mol. The number of hydrogen-bond donors (Lipinski definition) is 1. The van der Waals surface area contributed by atoms with E-state index in [1.165, 1.54) is 6.26 Å². The largest absolute Gasteiger partial charge is 0.497 e. The fourth-order valence-corrected chi connectivity index (χ4v) is 3.17. The van der Waals surface area contributed by atoms with E-state index in [1.807, 2.05) is 31.2 Å². The number of rotatable bonds is 7. The number of carbonyl (C=O) groups excluding carboxylic acids is 1. The van der Waals surface area contributed by atoms with Gasteiger partial charge in [0, 0.05) is 6.26 Å². The Bertz CT molecular complexity index is 812. The average Bonchev–Trinajstić information content (AvgIpc) is 2.59. The van der Waals surface area contributed by atoms with Crippen LogP contribution in [0.3, 0.4) is 0 Å². The van der Waals surface area contributed by atoms with Crippen LogP contribution in [0, 0.1) is 0 Å². The van der Waals surface area contributed by atoms with Crippen molar-refractivity contribution in [3.8, 4) is 5.75 Å². The minimum absolute atomic E-state index is 0.0794. The maximum atomic E-state index is 12.3. The van der Waals surface area contributed by atoms with Crippen LogP contribution in [-0.2, 0) is 21.1 Å². The van der Waals surface area contributed by atoms with Crippen LogP contribution in [0.2, 0.25) is 0 Å². The molecule has 25 heavy (non-hydrogen) atoms. The van der Waals surface area contributed by atoms with Gasteiger partial charge in [-0.15, -0.1) is 0 Å². The fraction of sp³-hybridized carbons (Fsp3) is 0.316. The highest BCUT2D eigenvalue weighted by atomic mass is 32.2. The number of sulfone groups is 1. The van der Waals surface area contributed by atoms with Gasteiger partial charge in [-0.1, -0.05) is 31.2 Å². The molecule has 0 aliphatic rings. The molecular weight excluding hydrogens is 338 g/mol. The second kappa shape index (κ2) is 8.16. The van der Waals surface area contributed by atoms with Crippen LogP contribution in [0.4, 0.5) is 0 Å². The van der Waals surface area contributed by atoms with E-state index in [-0.39, 0.29) is 23.3 Å².